The molecule has 1 fully saturated rings. The Hall–Kier alpha value is -4.50. The van der Waals surface area contributed by atoms with Gasteiger partial charge in [0.25, 0.3) is 11.6 Å². The number of hydrogen-bond donors (Lipinski definition) is 3. The molecule has 3 aliphatic heterocycles. The van der Waals surface area contributed by atoms with Gasteiger partial charge in [0.05, 0.1) is 16.2 Å². The number of nitro groups is 1. The van der Waals surface area contributed by atoms with Crippen molar-refractivity contribution in [3.8, 4) is 0 Å². The first-order chi connectivity index (χ1) is 18.5. The number of anilines is 2. The van der Waals surface area contributed by atoms with Crippen LogP contribution in [0.2, 0.25) is 0 Å². The van der Waals surface area contributed by atoms with Crippen molar-refractivity contribution < 1.29 is 14.5 Å². The second-order valence-electron chi connectivity index (χ2n) is 9.84. The van der Waals surface area contributed by atoms with Crippen LogP contribution in [0, 0.1) is 10.1 Å². The van der Waals surface area contributed by atoms with Crippen LogP contribution >= 0.6 is 0 Å². The van der Waals surface area contributed by atoms with E-state index in [0.717, 1.165) is 49.3 Å². The number of carbonyl (C=O) groups is 2. The average Bonchev–Trinajstić information content (AvgIpc) is 3.48. The Labute approximate surface area is 219 Å². The highest BCUT2D eigenvalue weighted by molar-refractivity contribution is 6.37. The van der Waals surface area contributed by atoms with Crippen LogP contribution in [0.3, 0.4) is 0 Å². The van der Waals surface area contributed by atoms with Gasteiger partial charge in [-0.15, -0.1) is 0 Å². The maximum absolute atomic E-state index is 13.3. The zero-order valence-corrected chi connectivity index (χ0v) is 20.8. The summed E-state index contributed by atoms with van der Waals surface area (Å²) in [4.78, 5) is 38.2. The van der Waals surface area contributed by atoms with E-state index in [-0.39, 0.29) is 17.5 Å². The zero-order chi connectivity index (χ0) is 26.2. The van der Waals surface area contributed by atoms with Gasteiger partial charge in [-0.1, -0.05) is 30.3 Å². The number of fused-ring (bicyclic) bond motifs is 2. The summed E-state index contributed by atoms with van der Waals surface area (Å²) in [5.74, 6) is -0.154. The molecule has 9 nitrogen and oxygen atoms in total. The predicted octanol–water partition coefficient (Wildman–Crippen LogP) is 4.30. The number of nitrogens with zero attached hydrogens (tertiary/aromatic N) is 2. The number of nitro benzene ring substituents is 1. The van der Waals surface area contributed by atoms with E-state index in [1.807, 2.05) is 35.2 Å². The summed E-state index contributed by atoms with van der Waals surface area (Å²) < 4.78 is 0. The van der Waals surface area contributed by atoms with Crippen molar-refractivity contribution in [2.75, 3.05) is 23.7 Å². The molecule has 3 aliphatic rings. The fourth-order valence-electron chi connectivity index (χ4n) is 5.36. The summed E-state index contributed by atoms with van der Waals surface area (Å²) in [6, 6.07) is 18.3. The fourth-order valence-corrected chi connectivity index (χ4v) is 5.36. The van der Waals surface area contributed by atoms with Gasteiger partial charge in [0, 0.05) is 55.1 Å². The van der Waals surface area contributed by atoms with Crippen LogP contribution in [0.4, 0.5) is 17.1 Å². The van der Waals surface area contributed by atoms with Crippen molar-refractivity contribution >= 4 is 40.1 Å². The van der Waals surface area contributed by atoms with Crippen molar-refractivity contribution in [3.05, 3.63) is 98.6 Å². The SMILES string of the molecule is O=C1Nc2ccc([N+](=O)[O-])cc2C1=C(Nc1ccc2c(c1)CCNC2)c1ccc(CN2CCCC2=O)cc1. The molecule has 1 saturated heterocycles. The van der Waals surface area contributed by atoms with Gasteiger partial charge in [-0.3, -0.25) is 19.7 Å². The largest absolute Gasteiger partial charge is 0.354 e. The van der Waals surface area contributed by atoms with Gasteiger partial charge in [0.1, 0.15) is 0 Å². The van der Waals surface area contributed by atoms with Crippen molar-refractivity contribution in [2.45, 2.75) is 32.4 Å². The van der Waals surface area contributed by atoms with Gasteiger partial charge in [0.15, 0.2) is 0 Å². The molecule has 2 amide bonds. The van der Waals surface area contributed by atoms with Gasteiger partial charge in [-0.25, -0.2) is 0 Å². The van der Waals surface area contributed by atoms with Crippen LogP contribution in [-0.2, 0) is 29.1 Å². The standard InChI is InChI=1S/C29H27N5O4/c35-26-2-1-13-33(26)17-18-3-5-19(6-4-18)28(31-22-8-7-21-16-30-12-11-20(21)14-22)27-24-15-23(34(37)38)9-10-25(24)32-29(27)36/h3-10,14-15,30-31H,1-2,11-13,16-17H2,(H,32,36). The Bertz CT molecular complexity index is 1500. The third-order valence-electron chi connectivity index (χ3n) is 7.36. The van der Waals surface area contributed by atoms with Gasteiger partial charge in [-0.05, 0) is 59.8 Å². The lowest BCUT2D eigenvalue weighted by atomic mass is 9.97. The molecule has 3 aromatic carbocycles. The molecule has 3 N–H and O–H groups in total. The Morgan fingerprint density at radius 2 is 1.84 bits per heavy atom. The molecule has 0 unspecified atom stereocenters. The van der Waals surface area contributed by atoms with E-state index in [9.17, 15) is 19.7 Å². The number of hydrogen-bond acceptors (Lipinski definition) is 6. The van der Waals surface area contributed by atoms with Crippen LogP contribution in [0.15, 0.2) is 60.7 Å². The van der Waals surface area contributed by atoms with E-state index >= 15 is 0 Å². The second kappa shape index (κ2) is 9.75. The van der Waals surface area contributed by atoms with Crippen molar-refractivity contribution in [2.24, 2.45) is 0 Å². The molecule has 0 saturated carbocycles. The minimum Gasteiger partial charge on any atom is -0.354 e. The maximum Gasteiger partial charge on any atom is 0.270 e. The molecule has 3 heterocycles. The van der Waals surface area contributed by atoms with Crippen molar-refractivity contribution in [3.63, 3.8) is 0 Å². The molecule has 192 valence electrons. The molecular formula is C29H27N5O4. The highest BCUT2D eigenvalue weighted by Crippen LogP contribution is 2.39. The first kappa shape index (κ1) is 23.9. The second-order valence-corrected chi connectivity index (χ2v) is 9.84. The molecule has 3 aromatic rings. The third kappa shape index (κ3) is 4.52. The molecule has 6 rings (SSSR count). The van der Waals surface area contributed by atoms with E-state index in [4.69, 9.17) is 0 Å². The first-order valence-corrected chi connectivity index (χ1v) is 12.8. The lowest BCUT2D eigenvalue weighted by Crippen LogP contribution is -2.23. The third-order valence-corrected chi connectivity index (χ3v) is 7.36. The van der Waals surface area contributed by atoms with Gasteiger partial charge >= 0.3 is 0 Å². The lowest BCUT2D eigenvalue weighted by molar-refractivity contribution is -0.384. The summed E-state index contributed by atoms with van der Waals surface area (Å²) >= 11 is 0. The monoisotopic (exact) mass is 509 g/mol. The lowest BCUT2D eigenvalue weighted by Gasteiger charge is -2.20. The fraction of sp³-hybridized carbons (Fsp3) is 0.241. The number of carbonyl (C=O) groups excluding carboxylic acids is 2. The quantitative estimate of drug-likeness (QED) is 0.259. The molecule has 0 aromatic heterocycles. The zero-order valence-electron chi connectivity index (χ0n) is 20.8. The first-order valence-electron chi connectivity index (χ1n) is 12.8. The highest BCUT2D eigenvalue weighted by Gasteiger charge is 2.30. The smallest absolute Gasteiger partial charge is 0.270 e. The van der Waals surface area contributed by atoms with Gasteiger partial charge < -0.3 is 20.9 Å². The molecular weight excluding hydrogens is 482 g/mol. The highest BCUT2D eigenvalue weighted by atomic mass is 16.6. The number of amides is 2. The Balaban J connectivity index is 1.42. The van der Waals surface area contributed by atoms with Crippen molar-refractivity contribution in [1.82, 2.24) is 10.2 Å². The molecule has 38 heavy (non-hydrogen) atoms. The molecule has 0 atom stereocenters. The number of non-ortho nitro benzene ring substituents is 1. The summed E-state index contributed by atoms with van der Waals surface area (Å²) in [5.41, 5.74) is 6.97. The Kier molecular flexibility index (Phi) is 6.13. The topological polar surface area (TPSA) is 117 Å². The van der Waals surface area contributed by atoms with Crippen LogP contribution in [0.25, 0.3) is 11.3 Å². The van der Waals surface area contributed by atoms with E-state index < -0.39 is 4.92 Å². The average molecular weight is 510 g/mol. The number of nitrogens with one attached hydrogen (secondary N) is 3. The molecule has 0 aliphatic carbocycles. The Morgan fingerprint density at radius 3 is 2.61 bits per heavy atom. The Morgan fingerprint density at radius 1 is 1.00 bits per heavy atom. The van der Waals surface area contributed by atoms with Crippen LogP contribution < -0.4 is 16.0 Å². The van der Waals surface area contributed by atoms with E-state index in [1.54, 1.807) is 6.07 Å². The summed E-state index contributed by atoms with van der Waals surface area (Å²) in [6.45, 7) is 3.04. The van der Waals surface area contributed by atoms with Crippen LogP contribution in [-0.4, -0.2) is 34.7 Å². The summed E-state index contributed by atoms with van der Waals surface area (Å²) in [7, 11) is 0. The van der Waals surface area contributed by atoms with E-state index in [1.165, 1.54) is 23.3 Å². The van der Waals surface area contributed by atoms with E-state index in [2.05, 4.69) is 28.1 Å². The minimum absolute atomic E-state index is 0.0796. The molecule has 0 bridgehead atoms. The molecule has 0 spiro atoms. The van der Waals surface area contributed by atoms with Crippen LogP contribution in [0.5, 0.6) is 0 Å². The van der Waals surface area contributed by atoms with Gasteiger partial charge in [0.2, 0.25) is 5.91 Å². The number of likely N-dealkylation sites (tertiary alicyclic amines) is 1. The normalized spacial score (nSPS) is 17.6. The summed E-state index contributed by atoms with van der Waals surface area (Å²) in [6.07, 6.45) is 2.39. The maximum atomic E-state index is 13.3. The summed E-state index contributed by atoms with van der Waals surface area (Å²) in [5, 5.41) is 21.2. The predicted molar refractivity (Wildman–Crippen MR) is 145 cm³/mol. The van der Waals surface area contributed by atoms with E-state index in [0.29, 0.717) is 35.5 Å². The van der Waals surface area contributed by atoms with Crippen molar-refractivity contribution in [1.29, 1.82) is 0 Å². The minimum atomic E-state index is -0.459. The number of rotatable bonds is 6. The molecule has 9 heteroatoms. The van der Waals surface area contributed by atoms with Gasteiger partial charge in [-0.2, -0.15) is 0 Å². The molecule has 0 radical (unpaired) electrons. The van der Waals surface area contributed by atoms with Crippen LogP contribution in [0.1, 0.15) is 40.7 Å². The number of benzene rings is 3.